The van der Waals surface area contributed by atoms with Crippen molar-refractivity contribution in [2.75, 3.05) is 26.4 Å². The Hall–Kier alpha value is -2.25. The maximum Gasteiger partial charge on any atom is 0.220 e. The molecule has 3 aliphatic heterocycles. The highest BCUT2D eigenvalue weighted by Gasteiger charge is 2.53. The topological polar surface area (TPSA) is 307 Å². The van der Waals surface area contributed by atoms with E-state index >= 15 is 0 Å². The van der Waals surface area contributed by atoms with Crippen LogP contribution in [-0.2, 0) is 33.2 Å². The van der Waals surface area contributed by atoms with Crippen molar-refractivity contribution in [2.45, 2.75) is 227 Å². The van der Waals surface area contributed by atoms with Gasteiger partial charge in [0, 0.05) is 6.42 Å². The second-order valence-corrected chi connectivity index (χ2v) is 17.9. The number of ether oxygens (including phenoxy) is 6. The van der Waals surface area contributed by atoms with Gasteiger partial charge >= 0.3 is 0 Å². The lowest BCUT2D eigenvalue weighted by Crippen LogP contribution is -2.66. The molecule has 3 saturated heterocycles. The third-order valence-corrected chi connectivity index (χ3v) is 12.4. The fourth-order valence-electron chi connectivity index (χ4n) is 8.20. The maximum absolute atomic E-state index is 13.1. The predicted molar refractivity (Wildman–Crippen MR) is 249 cm³/mol. The minimum atomic E-state index is -1.98. The van der Waals surface area contributed by atoms with E-state index in [1.807, 2.05) is 6.08 Å². The second kappa shape index (κ2) is 34.2. The fourth-order valence-corrected chi connectivity index (χ4v) is 8.20. The summed E-state index contributed by atoms with van der Waals surface area (Å²) in [7, 11) is 0. The number of aliphatic hydroxyl groups is 11. The highest BCUT2D eigenvalue weighted by atomic mass is 16.8. The molecule has 0 aromatic heterocycles. The van der Waals surface area contributed by atoms with E-state index in [0.717, 1.165) is 96.3 Å². The quantitative estimate of drug-likeness (QED) is 0.0325. The summed E-state index contributed by atoms with van der Waals surface area (Å²) in [6, 6.07) is -0.974. The van der Waals surface area contributed by atoms with Gasteiger partial charge in [-0.25, -0.2) is 0 Å². The monoisotopic (exact) mass is 976 g/mol. The van der Waals surface area contributed by atoms with Crippen LogP contribution in [0.4, 0.5) is 0 Å². The van der Waals surface area contributed by atoms with Crippen LogP contribution in [0.1, 0.15) is 123 Å². The molecule has 17 atom stereocenters. The lowest BCUT2D eigenvalue weighted by molar-refractivity contribution is -0.379. The van der Waals surface area contributed by atoms with E-state index in [4.69, 9.17) is 28.4 Å². The zero-order valence-corrected chi connectivity index (χ0v) is 40.1. The number of amides is 1. The summed E-state index contributed by atoms with van der Waals surface area (Å²) in [6.45, 7) is 1.45. The molecule has 0 bridgehead atoms. The molecular formula is C49H85NO18. The molecule has 0 saturated carbocycles. The van der Waals surface area contributed by atoms with Crippen LogP contribution in [0.5, 0.6) is 0 Å². The first-order valence-corrected chi connectivity index (χ1v) is 24.9. The van der Waals surface area contributed by atoms with Crippen molar-refractivity contribution in [3.63, 3.8) is 0 Å². The van der Waals surface area contributed by atoms with Gasteiger partial charge in [0.2, 0.25) is 5.91 Å². The number of unbranched alkanes of at least 4 members (excludes halogenated alkanes) is 11. The number of hydrogen-bond acceptors (Lipinski definition) is 18. The zero-order valence-electron chi connectivity index (χ0n) is 40.1. The van der Waals surface area contributed by atoms with E-state index in [-0.39, 0.29) is 18.9 Å². The molecule has 0 aromatic rings. The van der Waals surface area contributed by atoms with Gasteiger partial charge in [0.1, 0.15) is 73.2 Å². The van der Waals surface area contributed by atoms with E-state index < -0.39 is 124 Å². The first kappa shape index (κ1) is 60.1. The summed E-state index contributed by atoms with van der Waals surface area (Å²) in [5.74, 6) is -0.296. The summed E-state index contributed by atoms with van der Waals surface area (Å²) >= 11 is 0. The normalized spacial score (nSPS) is 33.6. The standard InChI is InChI=1S/C49H85NO18/c1-3-5-7-9-11-12-13-14-15-16-17-18-19-20-21-23-25-27-37(55)50-32(33(54)26-24-22-10-8-6-4-2)31-63-47-43(61)40(58)45(35(29-52)65-47)68-49-44(62)41(59)46(36(30-53)66-49)67-48-42(60)39(57)38(56)34(28-51)64-48/h5,7,11-12,14-15,24,26,32-36,38-49,51-54,56-62H,3-4,6,8-10,13,16-23,25,27-31H2,1-2H3,(H,50,55)/b7-5-,12-11-,15-14-,26-24+. The molecule has 19 heteroatoms. The number of carbonyl (C=O) groups excluding carboxylic acids is 1. The lowest BCUT2D eigenvalue weighted by Gasteiger charge is -2.48. The third kappa shape index (κ3) is 20.1. The van der Waals surface area contributed by atoms with Gasteiger partial charge in [-0.2, -0.15) is 0 Å². The Labute approximate surface area is 402 Å². The van der Waals surface area contributed by atoms with Gasteiger partial charge in [0.25, 0.3) is 0 Å². The van der Waals surface area contributed by atoms with Crippen molar-refractivity contribution in [3.05, 3.63) is 48.6 Å². The highest BCUT2D eigenvalue weighted by molar-refractivity contribution is 5.76. The largest absolute Gasteiger partial charge is 0.394 e. The van der Waals surface area contributed by atoms with Crippen molar-refractivity contribution in [1.82, 2.24) is 5.32 Å². The minimum Gasteiger partial charge on any atom is -0.394 e. The van der Waals surface area contributed by atoms with Crippen molar-refractivity contribution in [3.8, 4) is 0 Å². The predicted octanol–water partition coefficient (Wildman–Crippen LogP) is 1.19. The average molecular weight is 976 g/mol. The summed E-state index contributed by atoms with van der Waals surface area (Å²) in [5.41, 5.74) is 0. The van der Waals surface area contributed by atoms with Crippen molar-refractivity contribution >= 4 is 5.91 Å². The Balaban J connectivity index is 1.52. The number of hydrogen-bond donors (Lipinski definition) is 12. The molecule has 0 spiro atoms. The van der Waals surface area contributed by atoms with Gasteiger partial charge in [-0.15, -0.1) is 0 Å². The number of nitrogens with one attached hydrogen (secondary N) is 1. The van der Waals surface area contributed by atoms with Crippen LogP contribution in [0.3, 0.4) is 0 Å². The summed E-state index contributed by atoms with van der Waals surface area (Å²) < 4.78 is 34.0. The Morgan fingerprint density at radius 2 is 1.01 bits per heavy atom. The molecule has 3 rings (SSSR count). The van der Waals surface area contributed by atoms with E-state index in [1.165, 1.54) is 0 Å². The van der Waals surface area contributed by atoms with Gasteiger partial charge in [0.05, 0.1) is 38.6 Å². The molecule has 3 fully saturated rings. The second-order valence-electron chi connectivity index (χ2n) is 17.9. The van der Waals surface area contributed by atoms with Crippen LogP contribution in [-0.4, -0.2) is 193 Å². The molecule has 3 heterocycles. The minimum absolute atomic E-state index is 0.229. The molecule has 68 heavy (non-hydrogen) atoms. The van der Waals surface area contributed by atoms with Crippen LogP contribution in [0, 0.1) is 0 Å². The zero-order chi connectivity index (χ0) is 49.8. The van der Waals surface area contributed by atoms with Crippen LogP contribution in [0.2, 0.25) is 0 Å². The van der Waals surface area contributed by atoms with Crippen LogP contribution in [0.25, 0.3) is 0 Å². The SMILES string of the molecule is CC/C=C\C/C=C\C/C=C\CCCCCCCCCC(=O)NC(COC1OC(CO)C(OC2OC(CO)C(OC3OC(CO)C(O)C(O)C3O)C(O)C2O)C(O)C1O)C(O)/C=C/CCCCCC. The van der Waals surface area contributed by atoms with E-state index in [2.05, 4.69) is 55.6 Å². The van der Waals surface area contributed by atoms with Crippen LogP contribution < -0.4 is 5.32 Å². The Morgan fingerprint density at radius 3 is 1.59 bits per heavy atom. The summed E-state index contributed by atoms with van der Waals surface area (Å²) in [4.78, 5) is 13.1. The number of carbonyl (C=O) groups is 1. The van der Waals surface area contributed by atoms with E-state index in [1.54, 1.807) is 6.08 Å². The molecule has 3 aliphatic rings. The Bertz CT molecular complexity index is 1450. The molecule has 0 aromatic carbocycles. The van der Waals surface area contributed by atoms with Crippen LogP contribution >= 0.6 is 0 Å². The molecule has 0 radical (unpaired) electrons. The molecule has 19 nitrogen and oxygen atoms in total. The fraction of sp³-hybridized carbons (Fsp3) is 0.816. The van der Waals surface area contributed by atoms with E-state index in [9.17, 15) is 61.0 Å². The van der Waals surface area contributed by atoms with Crippen molar-refractivity contribution < 1.29 is 89.4 Å². The highest BCUT2D eigenvalue weighted by Crippen LogP contribution is 2.33. The Morgan fingerprint density at radius 1 is 0.544 bits per heavy atom. The Kier molecular flexibility index (Phi) is 30.2. The van der Waals surface area contributed by atoms with Gasteiger partial charge in [-0.05, 0) is 51.4 Å². The first-order chi connectivity index (χ1) is 32.8. The number of aliphatic hydroxyl groups excluding tert-OH is 11. The van der Waals surface area contributed by atoms with Crippen molar-refractivity contribution in [1.29, 1.82) is 0 Å². The summed E-state index contributed by atoms with van der Waals surface area (Å²) in [5, 5.41) is 119. The summed E-state index contributed by atoms with van der Waals surface area (Å²) in [6.07, 6.45) is 5.95. The number of rotatable bonds is 33. The van der Waals surface area contributed by atoms with E-state index in [0.29, 0.717) is 6.42 Å². The van der Waals surface area contributed by atoms with Crippen molar-refractivity contribution in [2.24, 2.45) is 0 Å². The lowest BCUT2D eigenvalue weighted by atomic mass is 9.96. The molecular weight excluding hydrogens is 891 g/mol. The molecule has 17 unspecified atom stereocenters. The first-order valence-electron chi connectivity index (χ1n) is 24.9. The number of allylic oxidation sites excluding steroid dienone is 7. The van der Waals surface area contributed by atoms with Gasteiger partial charge in [0.15, 0.2) is 18.9 Å². The van der Waals surface area contributed by atoms with Gasteiger partial charge in [-0.3, -0.25) is 4.79 Å². The van der Waals surface area contributed by atoms with Crippen LogP contribution in [0.15, 0.2) is 48.6 Å². The molecule has 394 valence electrons. The molecule has 0 aliphatic carbocycles. The van der Waals surface area contributed by atoms with Gasteiger partial charge in [-0.1, -0.05) is 114 Å². The average Bonchev–Trinajstić information content (AvgIpc) is 3.33. The maximum atomic E-state index is 13.1. The molecule has 1 amide bonds. The molecule has 12 N–H and O–H groups in total. The smallest absolute Gasteiger partial charge is 0.220 e. The van der Waals surface area contributed by atoms with Gasteiger partial charge < -0.3 is 89.9 Å². The third-order valence-electron chi connectivity index (χ3n) is 12.4.